The lowest BCUT2D eigenvalue weighted by molar-refractivity contribution is 0.318. The zero-order chi connectivity index (χ0) is 15.1. The molecule has 0 aliphatic carbocycles. The van der Waals surface area contributed by atoms with E-state index in [-0.39, 0.29) is 5.82 Å². The first-order valence-electron chi connectivity index (χ1n) is 6.88. The molecular formula is C18H19FN2. The molecule has 21 heavy (non-hydrogen) atoms. The minimum atomic E-state index is -0.191. The fourth-order valence-corrected chi connectivity index (χ4v) is 2.16. The van der Waals surface area contributed by atoms with Crippen molar-refractivity contribution < 1.29 is 4.39 Å². The lowest BCUT2D eigenvalue weighted by Gasteiger charge is -2.17. The van der Waals surface area contributed by atoms with Gasteiger partial charge in [0.1, 0.15) is 5.82 Å². The number of hydrogen-bond donors (Lipinski definition) is 1. The average Bonchev–Trinajstić information content (AvgIpc) is 2.46. The number of hydrogen-bond acceptors (Lipinski definition) is 2. The van der Waals surface area contributed by atoms with Crippen molar-refractivity contribution >= 4 is 0 Å². The second-order valence-corrected chi connectivity index (χ2v) is 5.01. The van der Waals surface area contributed by atoms with Crippen LogP contribution >= 0.6 is 0 Å². The molecule has 0 fully saturated rings. The topological polar surface area (TPSA) is 29.3 Å². The number of benzene rings is 2. The molecule has 0 saturated carbocycles. The molecule has 0 amide bonds. The van der Waals surface area contributed by atoms with Crippen LogP contribution in [0.15, 0.2) is 48.5 Å². The third-order valence-electron chi connectivity index (χ3n) is 3.08. The predicted molar refractivity (Wildman–Crippen MR) is 83.9 cm³/mol. The van der Waals surface area contributed by atoms with Crippen LogP contribution in [0.25, 0.3) is 0 Å². The molecule has 2 aromatic carbocycles. The molecule has 0 radical (unpaired) electrons. The highest BCUT2D eigenvalue weighted by atomic mass is 19.1. The first-order chi connectivity index (χ1) is 10.2. The molecule has 108 valence electrons. The summed E-state index contributed by atoms with van der Waals surface area (Å²) < 4.78 is 13.2. The summed E-state index contributed by atoms with van der Waals surface area (Å²) in [7, 11) is 2.02. The third-order valence-corrected chi connectivity index (χ3v) is 3.08. The van der Waals surface area contributed by atoms with Gasteiger partial charge in [-0.15, -0.1) is 0 Å². The van der Waals surface area contributed by atoms with Crippen LogP contribution in [0.4, 0.5) is 4.39 Å². The molecular weight excluding hydrogens is 263 g/mol. The number of nitrogens with two attached hydrogens (primary N) is 1. The zero-order valence-corrected chi connectivity index (χ0v) is 12.1. The number of nitrogens with zero attached hydrogens (tertiary/aromatic N) is 1. The van der Waals surface area contributed by atoms with Gasteiger partial charge in [-0.2, -0.15) is 0 Å². The highest BCUT2D eigenvalue weighted by Gasteiger charge is 2.03. The van der Waals surface area contributed by atoms with Crippen molar-refractivity contribution in [2.75, 3.05) is 13.6 Å². The summed E-state index contributed by atoms with van der Waals surface area (Å²) in [5.74, 6) is 5.64. The van der Waals surface area contributed by atoms with E-state index in [0.29, 0.717) is 13.1 Å². The van der Waals surface area contributed by atoms with Crippen LogP contribution in [-0.2, 0) is 13.1 Å². The van der Waals surface area contributed by atoms with Crippen LogP contribution in [-0.4, -0.2) is 18.5 Å². The molecule has 0 atom stereocenters. The summed E-state index contributed by atoms with van der Waals surface area (Å²) >= 11 is 0. The quantitative estimate of drug-likeness (QED) is 0.874. The highest BCUT2D eigenvalue weighted by Crippen LogP contribution is 2.10. The van der Waals surface area contributed by atoms with E-state index in [2.05, 4.69) is 28.9 Å². The molecule has 2 N–H and O–H groups in total. The fraction of sp³-hybridized carbons (Fsp3) is 0.222. The van der Waals surface area contributed by atoms with Gasteiger partial charge in [0.2, 0.25) is 0 Å². The van der Waals surface area contributed by atoms with Crippen LogP contribution < -0.4 is 5.73 Å². The Hall–Kier alpha value is -2.15. The van der Waals surface area contributed by atoms with Gasteiger partial charge in [-0.05, 0) is 42.4 Å². The highest BCUT2D eigenvalue weighted by molar-refractivity contribution is 5.36. The molecule has 2 nitrogen and oxygen atoms in total. The van der Waals surface area contributed by atoms with Crippen molar-refractivity contribution in [3.63, 3.8) is 0 Å². The minimum absolute atomic E-state index is 0.191. The summed E-state index contributed by atoms with van der Waals surface area (Å²) in [6, 6.07) is 14.8. The fourth-order valence-electron chi connectivity index (χ4n) is 2.16. The Morgan fingerprint density at radius 2 is 1.76 bits per heavy atom. The minimum Gasteiger partial charge on any atom is -0.320 e. The first-order valence-corrected chi connectivity index (χ1v) is 6.88. The largest absolute Gasteiger partial charge is 0.320 e. The van der Waals surface area contributed by atoms with Gasteiger partial charge in [-0.25, -0.2) is 4.39 Å². The second-order valence-electron chi connectivity index (χ2n) is 5.01. The molecule has 0 saturated heterocycles. The summed E-state index contributed by atoms with van der Waals surface area (Å²) in [4.78, 5) is 2.15. The van der Waals surface area contributed by atoms with Crippen LogP contribution in [0, 0.1) is 17.7 Å². The smallest absolute Gasteiger partial charge is 0.123 e. The number of rotatable bonds is 4. The standard InChI is InChI=1S/C18H19FN2/c1-21(14-17-4-2-6-18(19)12-17)13-16-9-7-15(8-10-16)5-3-11-20/h2,4,6-10,12H,11,13-14,20H2,1H3. The van der Waals surface area contributed by atoms with Gasteiger partial charge in [0.05, 0.1) is 6.54 Å². The third kappa shape index (κ3) is 5.03. The number of halogens is 1. The van der Waals surface area contributed by atoms with Gasteiger partial charge in [-0.3, -0.25) is 4.90 Å². The maximum absolute atomic E-state index is 13.2. The molecule has 0 aliphatic rings. The van der Waals surface area contributed by atoms with Crippen molar-refractivity contribution in [3.8, 4) is 11.8 Å². The molecule has 2 aromatic rings. The monoisotopic (exact) mass is 282 g/mol. The van der Waals surface area contributed by atoms with E-state index in [1.165, 1.54) is 11.6 Å². The van der Waals surface area contributed by atoms with Gasteiger partial charge in [0, 0.05) is 18.7 Å². The van der Waals surface area contributed by atoms with Crippen molar-refractivity contribution in [2.24, 2.45) is 5.73 Å². The SMILES string of the molecule is CN(Cc1ccc(C#CCN)cc1)Cc1cccc(F)c1. The van der Waals surface area contributed by atoms with Crippen LogP contribution in [0.3, 0.4) is 0 Å². The van der Waals surface area contributed by atoms with E-state index in [0.717, 1.165) is 17.7 Å². The van der Waals surface area contributed by atoms with Crippen LogP contribution in [0.1, 0.15) is 16.7 Å². The first kappa shape index (κ1) is 15.2. The molecule has 0 aromatic heterocycles. The lowest BCUT2D eigenvalue weighted by atomic mass is 10.1. The van der Waals surface area contributed by atoms with E-state index in [4.69, 9.17) is 5.73 Å². The van der Waals surface area contributed by atoms with Crippen LogP contribution in [0.2, 0.25) is 0 Å². The Balaban J connectivity index is 1.94. The maximum atomic E-state index is 13.2. The second kappa shape index (κ2) is 7.58. The van der Waals surface area contributed by atoms with E-state index < -0.39 is 0 Å². The molecule has 0 unspecified atom stereocenters. The average molecular weight is 282 g/mol. The summed E-state index contributed by atoms with van der Waals surface area (Å²) in [6.07, 6.45) is 0. The lowest BCUT2D eigenvalue weighted by Crippen LogP contribution is -2.17. The van der Waals surface area contributed by atoms with Crippen molar-refractivity contribution in [1.29, 1.82) is 0 Å². The van der Waals surface area contributed by atoms with Crippen molar-refractivity contribution in [3.05, 3.63) is 71.0 Å². The molecule has 0 aliphatic heterocycles. The van der Waals surface area contributed by atoms with Crippen LogP contribution in [0.5, 0.6) is 0 Å². The summed E-state index contributed by atoms with van der Waals surface area (Å²) in [5.41, 5.74) is 8.49. The van der Waals surface area contributed by atoms with Gasteiger partial charge < -0.3 is 5.73 Å². The summed E-state index contributed by atoms with van der Waals surface area (Å²) in [6.45, 7) is 1.89. The van der Waals surface area contributed by atoms with E-state index >= 15 is 0 Å². The Morgan fingerprint density at radius 1 is 1.05 bits per heavy atom. The predicted octanol–water partition coefficient (Wildman–Crippen LogP) is 2.77. The zero-order valence-electron chi connectivity index (χ0n) is 12.1. The normalized spacial score (nSPS) is 10.3. The van der Waals surface area contributed by atoms with Gasteiger partial charge in [0.15, 0.2) is 0 Å². The van der Waals surface area contributed by atoms with E-state index in [1.54, 1.807) is 12.1 Å². The molecule has 3 heteroatoms. The molecule has 2 rings (SSSR count). The molecule has 0 spiro atoms. The van der Waals surface area contributed by atoms with Gasteiger partial charge in [0.25, 0.3) is 0 Å². The Labute approximate surface area is 125 Å². The maximum Gasteiger partial charge on any atom is 0.123 e. The van der Waals surface area contributed by atoms with E-state index in [1.807, 2.05) is 25.2 Å². The Kier molecular flexibility index (Phi) is 5.51. The molecule has 0 bridgehead atoms. The molecule has 0 heterocycles. The van der Waals surface area contributed by atoms with Crippen molar-refractivity contribution in [2.45, 2.75) is 13.1 Å². The van der Waals surface area contributed by atoms with Gasteiger partial charge >= 0.3 is 0 Å². The Morgan fingerprint density at radius 3 is 2.43 bits per heavy atom. The van der Waals surface area contributed by atoms with E-state index in [9.17, 15) is 4.39 Å². The summed E-state index contributed by atoms with van der Waals surface area (Å²) in [5, 5.41) is 0. The van der Waals surface area contributed by atoms with Crippen molar-refractivity contribution in [1.82, 2.24) is 4.90 Å². The van der Waals surface area contributed by atoms with Gasteiger partial charge in [-0.1, -0.05) is 36.1 Å². The Bertz CT molecular complexity index is 638.